The van der Waals surface area contributed by atoms with Gasteiger partial charge in [0.25, 0.3) is 0 Å². The highest BCUT2D eigenvalue weighted by Gasteiger charge is 2.22. The Labute approximate surface area is 341 Å². The van der Waals surface area contributed by atoms with Gasteiger partial charge in [-0.05, 0) is 51.9 Å². The van der Waals surface area contributed by atoms with Crippen LogP contribution < -0.4 is 16.4 Å². The van der Waals surface area contributed by atoms with Crippen molar-refractivity contribution in [2.45, 2.75) is 180 Å². The van der Waals surface area contributed by atoms with E-state index in [-0.39, 0.29) is 93.7 Å². The van der Waals surface area contributed by atoms with Crippen LogP contribution >= 0.6 is 0 Å². The summed E-state index contributed by atoms with van der Waals surface area (Å²) >= 11 is 0. The molecule has 0 heterocycles. The van der Waals surface area contributed by atoms with Gasteiger partial charge in [0.1, 0.15) is 18.2 Å². The van der Waals surface area contributed by atoms with E-state index in [1.165, 1.54) is 19.3 Å². The van der Waals surface area contributed by atoms with Crippen molar-refractivity contribution in [1.29, 1.82) is 0 Å². The molecule has 0 spiro atoms. The Morgan fingerprint density at radius 1 is 0.561 bits per heavy atom. The van der Waals surface area contributed by atoms with Crippen molar-refractivity contribution in [3.8, 4) is 0 Å². The average molecular weight is 812 g/mol. The second-order valence-electron chi connectivity index (χ2n) is 15.5. The molecule has 0 rings (SSSR count). The summed E-state index contributed by atoms with van der Waals surface area (Å²) in [7, 11) is 0. The summed E-state index contributed by atoms with van der Waals surface area (Å²) < 4.78 is 10.8. The van der Waals surface area contributed by atoms with Gasteiger partial charge in [-0.2, -0.15) is 0 Å². The standard InChI is InChI=1S/C43H77N3O11/c1-34(35(2)47)20-18-19-27-46-42(53)39(44)23-16-13-15-22-38(49)33-57-31-30-56-29-28-45-40(50)26-25-36(43(54)55)32-37(48)21-14-11-9-7-5-3-4-6-8-10-12-17-24-41(51)52/h34,36,39H,3-33,44H2,1-2H3,(H,45,50)(H,46,53)(H,51,52)(H,54,55)/t34-,36+,39-/m0/s1. The molecule has 0 radical (unpaired) electrons. The predicted octanol–water partition coefficient (Wildman–Crippen LogP) is 6.48. The quantitative estimate of drug-likeness (QED) is 0.0418. The lowest BCUT2D eigenvalue weighted by atomic mass is 9.94. The van der Waals surface area contributed by atoms with Gasteiger partial charge in [-0.1, -0.05) is 90.4 Å². The molecule has 6 N–H and O–H groups in total. The molecule has 0 aliphatic heterocycles. The van der Waals surface area contributed by atoms with E-state index in [1.54, 1.807) is 6.92 Å². The molecule has 14 heteroatoms. The van der Waals surface area contributed by atoms with Crippen molar-refractivity contribution in [1.82, 2.24) is 10.6 Å². The van der Waals surface area contributed by atoms with Crippen molar-refractivity contribution < 1.29 is 53.2 Å². The van der Waals surface area contributed by atoms with Crippen LogP contribution in [-0.4, -0.2) is 96.9 Å². The van der Waals surface area contributed by atoms with Crippen LogP contribution in [0, 0.1) is 11.8 Å². The van der Waals surface area contributed by atoms with Gasteiger partial charge < -0.3 is 36.1 Å². The first-order chi connectivity index (χ1) is 27.3. The number of hydrogen-bond acceptors (Lipinski definition) is 10. The average Bonchev–Trinajstić information content (AvgIpc) is 3.16. The van der Waals surface area contributed by atoms with Crippen LogP contribution in [0.5, 0.6) is 0 Å². The normalized spacial score (nSPS) is 12.8. The zero-order valence-electron chi connectivity index (χ0n) is 35.3. The third-order valence-electron chi connectivity index (χ3n) is 10.2. The maximum atomic E-state index is 12.4. The first-order valence-corrected chi connectivity index (χ1v) is 21.8. The van der Waals surface area contributed by atoms with Gasteiger partial charge in [-0.3, -0.25) is 33.6 Å². The molecule has 0 bridgehead atoms. The van der Waals surface area contributed by atoms with Crippen LogP contribution in [0.1, 0.15) is 174 Å². The van der Waals surface area contributed by atoms with E-state index in [4.69, 9.17) is 20.3 Å². The number of rotatable bonds is 42. The Morgan fingerprint density at radius 3 is 1.67 bits per heavy atom. The maximum absolute atomic E-state index is 12.4. The molecular weight excluding hydrogens is 734 g/mol. The van der Waals surface area contributed by atoms with E-state index in [1.807, 2.05) is 6.92 Å². The lowest BCUT2D eigenvalue weighted by Crippen LogP contribution is -2.40. The van der Waals surface area contributed by atoms with E-state index < -0.39 is 23.9 Å². The molecule has 0 saturated heterocycles. The Balaban J connectivity index is 3.74. The zero-order chi connectivity index (χ0) is 42.5. The van der Waals surface area contributed by atoms with E-state index in [2.05, 4.69) is 10.6 Å². The number of Topliss-reactive ketones (excluding diaryl/α,β-unsaturated/α-hetero) is 3. The van der Waals surface area contributed by atoms with Crippen molar-refractivity contribution in [3.05, 3.63) is 0 Å². The number of carboxylic acids is 2. The van der Waals surface area contributed by atoms with Gasteiger partial charge in [0.2, 0.25) is 11.8 Å². The van der Waals surface area contributed by atoms with Gasteiger partial charge in [-0.25, -0.2) is 0 Å². The highest BCUT2D eigenvalue weighted by atomic mass is 16.5. The molecule has 0 aliphatic carbocycles. The minimum atomic E-state index is -1.07. The largest absolute Gasteiger partial charge is 0.481 e. The minimum Gasteiger partial charge on any atom is -0.481 e. The Morgan fingerprint density at radius 2 is 1.09 bits per heavy atom. The summed E-state index contributed by atoms with van der Waals surface area (Å²) in [4.78, 5) is 82.3. The minimum absolute atomic E-state index is 0.00655. The van der Waals surface area contributed by atoms with E-state index in [0.717, 1.165) is 89.9 Å². The van der Waals surface area contributed by atoms with E-state index >= 15 is 0 Å². The number of ether oxygens (including phenoxy) is 2. The smallest absolute Gasteiger partial charge is 0.306 e. The molecule has 0 aliphatic rings. The molecule has 0 aromatic rings. The maximum Gasteiger partial charge on any atom is 0.306 e. The van der Waals surface area contributed by atoms with Gasteiger partial charge in [0.15, 0.2) is 5.78 Å². The number of carboxylic acid groups (broad SMARTS) is 2. The second-order valence-corrected chi connectivity index (χ2v) is 15.5. The number of hydrogen-bond donors (Lipinski definition) is 5. The fraction of sp³-hybridized carbons (Fsp3) is 0.837. The number of nitrogens with two attached hydrogens (primary N) is 1. The zero-order valence-corrected chi connectivity index (χ0v) is 35.3. The Hall–Kier alpha value is -3.23. The van der Waals surface area contributed by atoms with Crippen LogP contribution in [0.15, 0.2) is 0 Å². The Kier molecular flexibility index (Phi) is 35.0. The molecule has 3 atom stereocenters. The monoisotopic (exact) mass is 812 g/mol. The first kappa shape index (κ1) is 53.8. The van der Waals surface area contributed by atoms with Crippen molar-refractivity contribution in [3.63, 3.8) is 0 Å². The number of carbonyl (C=O) groups excluding carboxylic acids is 5. The number of nitrogens with one attached hydrogen (secondary N) is 2. The van der Waals surface area contributed by atoms with Crippen molar-refractivity contribution in [2.75, 3.05) is 39.5 Å². The highest BCUT2D eigenvalue weighted by molar-refractivity contribution is 5.84. The fourth-order valence-electron chi connectivity index (χ4n) is 6.31. The molecule has 0 saturated carbocycles. The van der Waals surface area contributed by atoms with Crippen LogP contribution in [0.25, 0.3) is 0 Å². The van der Waals surface area contributed by atoms with E-state index in [0.29, 0.717) is 32.2 Å². The molecular formula is C43H77N3O11. The first-order valence-electron chi connectivity index (χ1n) is 21.8. The molecule has 0 aromatic carbocycles. The SMILES string of the molecule is CC(=O)[C@@H](C)CCCCNC(=O)[C@@H](N)CCCCCC(=O)COCCOCCNC(=O)CC[C@H](CC(=O)CCCCCCCCCCCCCCC(=O)O)C(=O)O. The molecule has 0 aromatic heterocycles. The van der Waals surface area contributed by atoms with Gasteiger partial charge in [0.05, 0.1) is 31.8 Å². The summed E-state index contributed by atoms with van der Waals surface area (Å²) in [6.45, 7) is 5.01. The summed E-state index contributed by atoms with van der Waals surface area (Å²) in [6.07, 6.45) is 18.9. The number of ketones is 3. The third-order valence-corrected chi connectivity index (χ3v) is 10.2. The van der Waals surface area contributed by atoms with Gasteiger partial charge in [-0.15, -0.1) is 0 Å². The Bertz CT molecular complexity index is 1130. The third kappa shape index (κ3) is 35.6. The molecule has 2 amide bonds. The molecule has 330 valence electrons. The molecule has 0 fully saturated rings. The molecule has 57 heavy (non-hydrogen) atoms. The van der Waals surface area contributed by atoms with E-state index in [9.17, 15) is 38.7 Å². The van der Waals surface area contributed by atoms with Gasteiger partial charge >= 0.3 is 11.9 Å². The highest BCUT2D eigenvalue weighted by Crippen LogP contribution is 2.17. The van der Waals surface area contributed by atoms with Crippen LogP contribution in [-0.2, 0) is 43.0 Å². The summed E-state index contributed by atoms with van der Waals surface area (Å²) in [5.74, 6) is -3.02. The van der Waals surface area contributed by atoms with Crippen LogP contribution in [0.2, 0.25) is 0 Å². The molecule has 14 nitrogen and oxygen atoms in total. The van der Waals surface area contributed by atoms with Crippen molar-refractivity contribution >= 4 is 41.1 Å². The number of aliphatic carboxylic acids is 2. The number of unbranched alkanes of at least 4 members (excludes halogenated alkanes) is 14. The van der Waals surface area contributed by atoms with Gasteiger partial charge in [0, 0.05) is 51.1 Å². The van der Waals surface area contributed by atoms with Crippen LogP contribution in [0.3, 0.4) is 0 Å². The summed E-state index contributed by atoms with van der Waals surface area (Å²) in [6, 6.07) is -0.578. The van der Waals surface area contributed by atoms with Crippen molar-refractivity contribution in [2.24, 2.45) is 17.6 Å². The summed E-state index contributed by atoms with van der Waals surface area (Å²) in [5.41, 5.74) is 5.98. The topological polar surface area (TPSA) is 228 Å². The lowest BCUT2D eigenvalue weighted by Gasteiger charge is -2.12. The fourth-order valence-corrected chi connectivity index (χ4v) is 6.31. The summed E-state index contributed by atoms with van der Waals surface area (Å²) in [5, 5.41) is 23.8. The number of carbonyl (C=O) groups is 7. The number of amides is 2. The second kappa shape index (κ2) is 37.1. The lowest BCUT2D eigenvalue weighted by molar-refractivity contribution is -0.144. The van der Waals surface area contributed by atoms with Crippen LogP contribution in [0.4, 0.5) is 0 Å². The molecule has 0 unspecified atom stereocenters. The predicted molar refractivity (Wildman–Crippen MR) is 220 cm³/mol.